The fourth-order valence-electron chi connectivity index (χ4n) is 2.92. The van der Waals surface area contributed by atoms with Crippen molar-refractivity contribution in [2.45, 2.75) is 6.04 Å². The summed E-state index contributed by atoms with van der Waals surface area (Å²) in [6.07, 6.45) is 0. The van der Waals surface area contributed by atoms with Crippen molar-refractivity contribution in [2.75, 3.05) is 39.8 Å². The lowest BCUT2D eigenvalue weighted by atomic mass is 10.1. The quantitative estimate of drug-likeness (QED) is 0.825. The maximum Gasteiger partial charge on any atom is 0.251 e. The molecule has 1 atom stereocenters. The predicted octanol–water partition coefficient (Wildman–Crippen LogP) is 3.23. The normalized spacial score (nSPS) is 17.6. The number of nitrogens with zero attached hydrogens (tertiary/aromatic N) is 2. The Morgan fingerprint density at radius 2 is 1.92 bits per heavy atom. The first kappa shape index (κ1) is 17.6. The average Bonchev–Trinajstić information content (AvgIpc) is 3.11. The molecule has 0 saturated carbocycles. The molecule has 0 unspecified atom stereocenters. The third kappa shape index (κ3) is 4.45. The van der Waals surface area contributed by atoms with Crippen molar-refractivity contribution in [1.29, 1.82) is 0 Å². The number of hydrogen-bond acceptors (Lipinski definition) is 4. The Hall–Kier alpha value is -1.21. The third-order valence-electron chi connectivity index (χ3n) is 4.41. The summed E-state index contributed by atoms with van der Waals surface area (Å²) in [5.74, 6) is -0.0156. The van der Waals surface area contributed by atoms with Gasteiger partial charge in [-0.1, -0.05) is 22.0 Å². The number of benzene rings is 1. The molecule has 24 heavy (non-hydrogen) atoms. The number of nitrogens with one attached hydrogen (secondary N) is 1. The average molecular weight is 408 g/mol. The molecule has 1 aromatic carbocycles. The highest BCUT2D eigenvalue weighted by molar-refractivity contribution is 9.10. The van der Waals surface area contributed by atoms with Crippen LogP contribution in [-0.4, -0.2) is 55.5 Å². The molecule has 2 aromatic rings. The van der Waals surface area contributed by atoms with Crippen LogP contribution in [0.5, 0.6) is 0 Å². The highest BCUT2D eigenvalue weighted by Gasteiger charge is 2.25. The molecule has 0 bridgehead atoms. The molecule has 1 amide bonds. The number of rotatable bonds is 5. The molecule has 1 aromatic heterocycles. The van der Waals surface area contributed by atoms with Crippen LogP contribution >= 0.6 is 27.3 Å². The number of carbonyl (C=O) groups excluding carboxylic acids is 1. The van der Waals surface area contributed by atoms with Gasteiger partial charge in [0.2, 0.25) is 0 Å². The van der Waals surface area contributed by atoms with Crippen LogP contribution in [0.4, 0.5) is 0 Å². The number of piperazine rings is 1. The van der Waals surface area contributed by atoms with E-state index in [2.05, 4.69) is 55.6 Å². The third-order valence-corrected chi connectivity index (χ3v) is 5.91. The Kier molecular flexibility index (Phi) is 6.05. The van der Waals surface area contributed by atoms with E-state index < -0.39 is 0 Å². The fourth-order valence-corrected chi connectivity index (χ4v) is 4.04. The van der Waals surface area contributed by atoms with Gasteiger partial charge in [-0.05, 0) is 42.8 Å². The van der Waals surface area contributed by atoms with E-state index in [4.69, 9.17) is 0 Å². The topological polar surface area (TPSA) is 35.6 Å². The number of carbonyl (C=O) groups is 1. The molecule has 2 heterocycles. The van der Waals surface area contributed by atoms with Crippen molar-refractivity contribution >= 4 is 33.2 Å². The van der Waals surface area contributed by atoms with Gasteiger partial charge < -0.3 is 10.2 Å². The second-order valence-corrected chi connectivity index (χ2v) is 7.98. The molecule has 3 rings (SSSR count). The van der Waals surface area contributed by atoms with Crippen molar-refractivity contribution in [2.24, 2.45) is 0 Å². The Morgan fingerprint density at radius 1 is 1.21 bits per heavy atom. The lowest BCUT2D eigenvalue weighted by Gasteiger charge is -2.37. The first-order chi connectivity index (χ1) is 11.6. The second-order valence-electron chi connectivity index (χ2n) is 6.09. The van der Waals surface area contributed by atoms with Crippen molar-refractivity contribution < 1.29 is 4.79 Å². The molecule has 128 valence electrons. The summed E-state index contributed by atoms with van der Waals surface area (Å²) < 4.78 is 0.980. The largest absolute Gasteiger partial charge is 0.350 e. The monoisotopic (exact) mass is 407 g/mol. The summed E-state index contributed by atoms with van der Waals surface area (Å²) in [5, 5.41) is 5.22. The zero-order valence-corrected chi connectivity index (χ0v) is 16.1. The van der Waals surface area contributed by atoms with Crippen LogP contribution in [0, 0.1) is 0 Å². The van der Waals surface area contributed by atoms with E-state index in [1.807, 2.05) is 24.3 Å². The number of thiophene rings is 1. The van der Waals surface area contributed by atoms with Crippen molar-refractivity contribution in [3.05, 3.63) is 56.7 Å². The summed E-state index contributed by atoms with van der Waals surface area (Å²) in [4.78, 5) is 18.6. The van der Waals surface area contributed by atoms with Gasteiger partial charge in [0.25, 0.3) is 5.91 Å². The van der Waals surface area contributed by atoms with Crippen molar-refractivity contribution in [1.82, 2.24) is 15.1 Å². The Labute approximate surface area is 155 Å². The van der Waals surface area contributed by atoms with Crippen LogP contribution in [-0.2, 0) is 0 Å². The number of amides is 1. The minimum Gasteiger partial charge on any atom is -0.350 e. The molecule has 1 saturated heterocycles. The van der Waals surface area contributed by atoms with Crippen LogP contribution in [0.3, 0.4) is 0 Å². The minimum absolute atomic E-state index is 0.0156. The van der Waals surface area contributed by atoms with Crippen LogP contribution in [0.15, 0.2) is 46.3 Å². The zero-order chi connectivity index (χ0) is 16.9. The van der Waals surface area contributed by atoms with Gasteiger partial charge in [-0.2, -0.15) is 0 Å². The Balaban J connectivity index is 1.66. The standard InChI is InChI=1S/C18H22BrN3OS/c1-21-8-10-22(11-9-21)16(17-3-2-12-24-17)13-20-18(23)14-4-6-15(19)7-5-14/h2-7,12,16H,8-11,13H2,1H3,(H,20,23)/t16-/m1/s1. The van der Waals surface area contributed by atoms with Crippen LogP contribution < -0.4 is 5.32 Å². The highest BCUT2D eigenvalue weighted by atomic mass is 79.9. The number of hydrogen-bond donors (Lipinski definition) is 1. The highest BCUT2D eigenvalue weighted by Crippen LogP contribution is 2.25. The van der Waals surface area contributed by atoms with Crippen LogP contribution in [0.2, 0.25) is 0 Å². The molecule has 6 heteroatoms. The zero-order valence-electron chi connectivity index (χ0n) is 13.7. The second kappa shape index (κ2) is 8.25. The lowest BCUT2D eigenvalue weighted by Crippen LogP contribution is -2.48. The molecule has 1 N–H and O–H groups in total. The van der Waals surface area contributed by atoms with E-state index in [9.17, 15) is 4.79 Å². The predicted molar refractivity (Wildman–Crippen MR) is 103 cm³/mol. The molecule has 1 aliphatic heterocycles. The van der Waals surface area contributed by atoms with Gasteiger partial charge in [-0.3, -0.25) is 9.69 Å². The minimum atomic E-state index is -0.0156. The summed E-state index contributed by atoms with van der Waals surface area (Å²) in [6.45, 7) is 4.85. The molecule has 0 radical (unpaired) electrons. The number of likely N-dealkylation sites (N-methyl/N-ethyl adjacent to an activating group) is 1. The Morgan fingerprint density at radius 3 is 2.54 bits per heavy atom. The first-order valence-corrected chi connectivity index (χ1v) is 9.80. The van der Waals surface area contributed by atoms with E-state index >= 15 is 0 Å². The van der Waals surface area contributed by atoms with Gasteiger partial charge in [0.05, 0.1) is 6.04 Å². The molecule has 0 aliphatic carbocycles. The van der Waals surface area contributed by atoms with Gasteiger partial charge in [-0.15, -0.1) is 11.3 Å². The van der Waals surface area contributed by atoms with E-state index in [0.29, 0.717) is 12.1 Å². The van der Waals surface area contributed by atoms with E-state index in [-0.39, 0.29) is 11.9 Å². The maximum absolute atomic E-state index is 12.4. The SMILES string of the molecule is CN1CCN([C@H](CNC(=O)c2ccc(Br)cc2)c2cccs2)CC1. The fraction of sp³-hybridized carbons (Fsp3) is 0.389. The molecule has 1 aliphatic rings. The van der Waals surface area contributed by atoms with Gasteiger partial charge in [0, 0.05) is 47.6 Å². The van der Waals surface area contributed by atoms with Crippen LogP contribution in [0.25, 0.3) is 0 Å². The molecule has 4 nitrogen and oxygen atoms in total. The maximum atomic E-state index is 12.4. The summed E-state index contributed by atoms with van der Waals surface area (Å²) in [6, 6.07) is 12.0. The van der Waals surface area contributed by atoms with Crippen LogP contribution in [0.1, 0.15) is 21.3 Å². The lowest BCUT2D eigenvalue weighted by molar-refractivity contribution is 0.0890. The molecule has 1 fully saturated rings. The smallest absolute Gasteiger partial charge is 0.251 e. The van der Waals surface area contributed by atoms with E-state index in [1.54, 1.807) is 11.3 Å². The molecule has 0 spiro atoms. The van der Waals surface area contributed by atoms with E-state index in [1.165, 1.54) is 4.88 Å². The summed E-state index contributed by atoms with van der Waals surface area (Å²) in [5.41, 5.74) is 0.696. The van der Waals surface area contributed by atoms with Gasteiger partial charge in [0.1, 0.15) is 0 Å². The van der Waals surface area contributed by atoms with Crippen molar-refractivity contribution in [3.63, 3.8) is 0 Å². The summed E-state index contributed by atoms with van der Waals surface area (Å²) >= 11 is 5.16. The first-order valence-electron chi connectivity index (χ1n) is 8.13. The van der Waals surface area contributed by atoms with E-state index in [0.717, 1.165) is 30.7 Å². The molecular weight excluding hydrogens is 386 g/mol. The van der Waals surface area contributed by atoms with Gasteiger partial charge in [0.15, 0.2) is 0 Å². The summed E-state index contributed by atoms with van der Waals surface area (Å²) in [7, 11) is 2.16. The van der Waals surface area contributed by atoms with Gasteiger partial charge in [-0.25, -0.2) is 0 Å². The number of halogens is 1. The van der Waals surface area contributed by atoms with Gasteiger partial charge >= 0.3 is 0 Å². The Bertz CT molecular complexity index is 651. The van der Waals surface area contributed by atoms with Crippen molar-refractivity contribution in [3.8, 4) is 0 Å². The molecular formula is C18H22BrN3OS.